The summed E-state index contributed by atoms with van der Waals surface area (Å²) in [6, 6.07) is 6.88. The highest BCUT2D eigenvalue weighted by Crippen LogP contribution is 2.28. The second-order valence-electron chi connectivity index (χ2n) is 5.73. The molecular formula is C15H16F2N6OS. The van der Waals surface area contributed by atoms with Gasteiger partial charge in [0.25, 0.3) is 0 Å². The van der Waals surface area contributed by atoms with Crippen molar-refractivity contribution in [2.75, 3.05) is 6.61 Å². The molecule has 0 radical (unpaired) electrons. The number of imidazole rings is 1. The van der Waals surface area contributed by atoms with E-state index < -0.39 is 6.55 Å². The normalized spacial score (nSPS) is 17.8. The van der Waals surface area contributed by atoms with E-state index in [1.165, 1.54) is 11.8 Å². The Hall–Kier alpha value is -2.07. The van der Waals surface area contributed by atoms with Crippen molar-refractivity contribution in [3.8, 4) is 0 Å². The molecule has 0 spiro atoms. The lowest BCUT2D eigenvalue weighted by atomic mass is 10.2. The van der Waals surface area contributed by atoms with Gasteiger partial charge in [0, 0.05) is 6.61 Å². The highest BCUT2D eigenvalue weighted by molar-refractivity contribution is 7.98. The summed E-state index contributed by atoms with van der Waals surface area (Å²) in [5.41, 5.74) is 0.976. The van der Waals surface area contributed by atoms with Crippen LogP contribution in [-0.4, -0.2) is 42.5 Å². The first-order chi connectivity index (χ1) is 12.2. The number of ether oxygens (including phenoxy) is 1. The van der Waals surface area contributed by atoms with Crippen LogP contribution in [0.1, 0.15) is 25.2 Å². The summed E-state index contributed by atoms with van der Waals surface area (Å²) >= 11 is 1.29. The van der Waals surface area contributed by atoms with E-state index in [9.17, 15) is 8.78 Å². The zero-order valence-electron chi connectivity index (χ0n) is 13.3. The van der Waals surface area contributed by atoms with Crippen molar-refractivity contribution in [2.45, 2.75) is 42.9 Å². The number of nitrogens with zero attached hydrogens (tertiary/aromatic N) is 6. The van der Waals surface area contributed by atoms with Crippen molar-refractivity contribution < 1.29 is 13.5 Å². The maximum Gasteiger partial charge on any atom is 0.320 e. The first-order valence-corrected chi connectivity index (χ1v) is 8.95. The van der Waals surface area contributed by atoms with Gasteiger partial charge in [-0.1, -0.05) is 23.9 Å². The molecule has 132 valence electrons. The van der Waals surface area contributed by atoms with Gasteiger partial charge in [0.2, 0.25) is 5.16 Å². The predicted molar refractivity (Wildman–Crippen MR) is 87.3 cm³/mol. The number of hydrogen-bond acceptors (Lipinski definition) is 6. The summed E-state index contributed by atoms with van der Waals surface area (Å²) in [5.74, 6) is 0.554. The second kappa shape index (κ2) is 7.04. The number of aromatic nitrogens is 6. The molecule has 1 aliphatic rings. The zero-order valence-corrected chi connectivity index (χ0v) is 14.1. The van der Waals surface area contributed by atoms with Crippen LogP contribution < -0.4 is 0 Å². The van der Waals surface area contributed by atoms with Gasteiger partial charge in [-0.25, -0.2) is 9.67 Å². The average Bonchev–Trinajstić information content (AvgIpc) is 3.32. The molecule has 10 heteroatoms. The lowest BCUT2D eigenvalue weighted by molar-refractivity contribution is 0.0722. The molecule has 1 aromatic carbocycles. The van der Waals surface area contributed by atoms with E-state index in [-0.39, 0.29) is 11.9 Å². The van der Waals surface area contributed by atoms with Crippen molar-refractivity contribution in [1.29, 1.82) is 0 Å². The van der Waals surface area contributed by atoms with E-state index in [0.717, 1.165) is 24.0 Å². The number of benzene rings is 1. The first kappa shape index (κ1) is 16.4. The molecule has 7 nitrogen and oxygen atoms in total. The van der Waals surface area contributed by atoms with E-state index in [4.69, 9.17) is 4.74 Å². The van der Waals surface area contributed by atoms with Crippen molar-refractivity contribution in [2.24, 2.45) is 0 Å². The molecule has 4 rings (SSSR count). The van der Waals surface area contributed by atoms with Crippen LogP contribution in [0, 0.1) is 0 Å². The fourth-order valence-electron chi connectivity index (χ4n) is 2.94. The molecule has 1 unspecified atom stereocenters. The van der Waals surface area contributed by atoms with Gasteiger partial charge in [0.05, 0.1) is 29.4 Å². The Morgan fingerprint density at radius 3 is 3.00 bits per heavy atom. The van der Waals surface area contributed by atoms with E-state index in [0.29, 0.717) is 28.6 Å². The van der Waals surface area contributed by atoms with Gasteiger partial charge in [0.1, 0.15) is 5.82 Å². The topological polar surface area (TPSA) is 70.7 Å². The number of hydrogen-bond donors (Lipinski definition) is 0. The van der Waals surface area contributed by atoms with Crippen molar-refractivity contribution >= 4 is 22.8 Å². The molecule has 0 N–H and O–H groups in total. The van der Waals surface area contributed by atoms with Crippen molar-refractivity contribution in [3.63, 3.8) is 0 Å². The molecule has 3 heterocycles. The number of alkyl halides is 2. The van der Waals surface area contributed by atoms with E-state index in [1.807, 2.05) is 0 Å². The fraction of sp³-hybridized carbons (Fsp3) is 0.467. The maximum absolute atomic E-state index is 13.5. The van der Waals surface area contributed by atoms with Gasteiger partial charge < -0.3 is 4.74 Å². The Kier molecular flexibility index (Phi) is 4.62. The predicted octanol–water partition coefficient (Wildman–Crippen LogP) is 2.89. The first-order valence-electron chi connectivity index (χ1n) is 7.97. The van der Waals surface area contributed by atoms with E-state index >= 15 is 0 Å². The van der Waals surface area contributed by atoms with Crippen LogP contribution in [0.5, 0.6) is 0 Å². The van der Waals surface area contributed by atoms with Gasteiger partial charge in [-0.15, -0.1) is 5.10 Å². The van der Waals surface area contributed by atoms with Crippen LogP contribution in [0.4, 0.5) is 8.78 Å². The van der Waals surface area contributed by atoms with Gasteiger partial charge >= 0.3 is 6.55 Å². The molecule has 25 heavy (non-hydrogen) atoms. The minimum absolute atomic E-state index is 0.105. The molecule has 0 bridgehead atoms. The molecule has 0 aliphatic carbocycles. The molecule has 3 aromatic rings. The summed E-state index contributed by atoms with van der Waals surface area (Å²) in [4.78, 5) is 4.33. The smallest absolute Gasteiger partial charge is 0.320 e. The van der Waals surface area contributed by atoms with Gasteiger partial charge in [-0.3, -0.25) is 4.57 Å². The minimum Gasteiger partial charge on any atom is -0.376 e. The SMILES string of the molecule is FC(F)n1c(CSc2nnnn2CC2CCCO2)nc2ccccc21. The van der Waals surface area contributed by atoms with Crippen LogP contribution in [0.3, 0.4) is 0 Å². The molecule has 1 aliphatic heterocycles. The van der Waals surface area contributed by atoms with Crippen LogP contribution in [0.2, 0.25) is 0 Å². The summed E-state index contributed by atoms with van der Waals surface area (Å²) in [6.07, 6.45) is 2.12. The Bertz CT molecular complexity index is 861. The second-order valence-corrected chi connectivity index (χ2v) is 6.67. The quantitative estimate of drug-likeness (QED) is 0.625. The van der Waals surface area contributed by atoms with Crippen LogP contribution in [0.15, 0.2) is 29.4 Å². The Morgan fingerprint density at radius 1 is 1.32 bits per heavy atom. The third-order valence-electron chi connectivity index (χ3n) is 4.09. The Balaban J connectivity index is 1.53. The number of halogens is 2. The largest absolute Gasteiger partial charge is 0.376 e. The Labute approximate surface area is 146 Å². The standard InChI is InChI=1S/C15H16F2N6OS/c16-14(17)23-12-6-2-1-5-11(12)18-13(23)9-25-15-19-20-21-22(15)8-10-4-3-7-24-10/h1-2,5-6,10,14H,3-4,7-9H2. The molecule has 2 aromatic heterocycles. The molecular weight excluding hydrogens is 350 g/mol. The number of tetrazole rings is 1. The van der Waals surface area contributed by atoms with Crippen molar-refractivity contribution in [3.05, 3.63) is 30.1 Å². The third-order valence-corrected chi connectivity index (χ3v) is 5.05. The van der Waals surface area contributed by atoms with E-state index in [1.54, 1.807) is 28.9 Å². The number of para-hydroxylation sites is 2. The molecule has 1 atom stereocenters. The lowest BCUT2D eigenvalue weighted by Gasteiger charge is -2.10. The summed E-state index contributed by atoms with van der Waals surface area (Å²) in [5, 5.41) is 12.2. The highest BCUT2D eigenvalue weighted by Gasteiger charge is 2.21. The number of thioether (sulfide) groups is 1. The van der Waals surface area contributed by atoms with Gasteiger partial charge in [-0.2, -0.15) is 8.78 Å². The Morgan fingerprint density at radius 2 is 2.20 bits per heavy atom. The minimum atomic E-state index is -2.65. The molecule has 1 fully saturated rings. The number of fused-ring (bicyclic) bond motifs is 1. The molecule has 0 amide bonds. The van der Waals surface area contributed by atoms with Gasteiger partial charge in [0.15, 0.2) is 0 Å². The molecule has 0 saturated carbocycles. The number of rotatable bonds is 6. The maximum atomic E-state index is 13.5. The zero-order chi connectivity index (χ0) is 17.2. The lowest BCUT2D eigenvalue weighted by Crippen LogP contribution is -2.17. The van der Waals surface area contributed by atoms with Crippen LogP contribution >= 0.6 is 11.8 Å². The van der Waals surface area contributed by atoms with Gasteiger partial charge in [-0.05, 0) is 35.4 Å². The van der Waals surface area contributed by atoms with Crippen LogP contribution in [0.25, 0.3) is 11.0 Å². The summed E-state index contributed by atoms with van der Waals surface area (Å²) in [7, 11) is 0. The summed E-state index contributed by atoms with van der Waals surface area (Å²) < 4.78 is 35.1. The van der Waals surface area contributed by atoms with Crippen molar-refractivity contribution in [1.82, 2.24) is 29.8 Å². The highest BCUT2D eigenvalue weighted by atomic mass is 32.2. The van der Waals surface area contributed by atoms with Crippen LogP contribution in [-0.2, 0) is 17.0 Å². The molecule has 1 saturated heterocycles. The average molecular weight is 366 g/mol. The fourth-order valence-corrected chi connectivity index (χ4v) is 3.75. The van der Waals surface area contributed by atoms with E-state index in [2.05, 4.69) is 20.5 Å². The summed E-state index contributed by atoms with van der Waals surface area (Å²) in [6.45, 7) is -1.32. The third kappa shape index (κ3) is 3.36. The monoisotopic (exact) mass is 366 g/mol.